The van der Waals surface area contributed by atoms with Crippen molar-refractivity contribution in [1.82, 2.24) is 0 Å². The summed E-state index contributed by atoms with van der Waals surface area (Å²) in [6, 6.07) is 4.10. The molecule has 19 heavy (non-hydrogen) atoms. The predicted molar refractivity (Wildman–Crippen MR) is 69.8 cm³/mol. The number of aliphatic hydroxyl groups excluding tert-OH is 1. The zero-order valence-electron chi connectivity index (χ0n) is 11.4. The SMILES string of the molecule is COCCCOCCOc1ccc(F)cc1[C@@H](C)O. The topological polar surface area (TPSA) is 47.9 Å². The number of halogens is 1. The first-order valence-electron chi connectivity index (χ1n) is 6.32. The highest BCUT2D eigenvalue weighted by Crippen LogP contribution is 2.25. The quantitative estimate of drug-likeness (QED) is 0.701. The molecule has 4 nitrogen and oxygen atoms in total. The van der Waals surface area contributed by atoms with E-state index in [1.165, 1.54) is 18.2 Å². The first kappa shape index (κ1) is 15.9. The number of hydrogen-bond acceptors (Lipinski definition) is 4. The Hall–Kier alpha value is -1.17. The lowest BCUT2D eigenvalue weighted by Gasteiger charge is -2.13. The van der Waals surface area contributed by atoms with Crippen molar-refractivity contribution in [2.45, 2.75) is 19.4 Å². The minimum absolute atomic E-state index is 0.359. The Balaban J connectivity index is 2.33. The van der Waals surface area contributed by atoms with E-state index in [9.17, 15) is 9.50 Å². The molecule has 0 saturated carbocycles. The van der Waals surface area contributed by atoms with Crippen molar-refractivity contribution in [2.24, 2.45) is 0 Å². The Morgan fingerprint density at radius 2 is 2.00 bits per heavy atom. The highest BCUT2D eigenvalue weighted by molar-refractivity contribution is 5.35. The molecule has 0 amide bonds. The molecule has 0 heterocycles. The van der Waals surface area contributed by atoms with Crippen molar-refractivity contribution in [3.8, 4) is 5.75 Å². The van der Waals surface area contributed by atoms with Gasteiger partial charge in [0.2, 0.25) is 0 Å². The van der Waals surface area contributed by atoms with Gasteiger partial charge in [-0.2, -0.15) is 0 Å². The van der Waals surface area contributed by atoms with Gasteiger partial charge in [-0.25, -0.2) is 4.39 Å². The molecule has 0 bridgehead atoms. The van der Waals surface area contributed by atoms with Crippen molar-refractivity contribution >= 4 is 0 Å². The summed E-state index contributed by atoms with van der Waals surface area (Å²) in [5, 5.41) is 9.54. The van der Waals surface area contributed by atoms with E-state index in [0.717, 1.165) is 6.42 Å². The molecule has 0 aliphatic heterocycles. The van der Waals surface area contributed by atoms with Gasteiger partial charge in [0, 0.05) is 25.9 Å². The van der Waals surface area contributed by atoms with Gasteiger partial charge in [-0.15, -0.1) is 0 Å². The smallest absolute Gasteiger partial charge is 0.125 e. The molecular weight excluding hydrogens is 251 g/mol. The second-order valence-electron chi connectivity index (χ2n) is 4.17. The molecule has 0 unspecified atom stereocenters. The van der Waals surface area contributed by atoms with E-state index >= 15 is 0 Å². The standard InChI is InChI=1S/C14H21FO4/c1-11(16)13-10-12(15)4-5-14(13)19-9-8-18-7-3-6-17-2/h4-5,10-11,16H,3,6-9H2,1-2H3/t11-/m1/s1. The maximum atomic E-state index is 13.1. The minimum atomic E-state index is -0.770. The van der Waals surface area contributed by atoms with E-state index in [2.05, 4.69) is 0 Å². The average Bonchev–Trinajstić information content (AvgIpc) is 2.39. The van der Waals surface area contributed by atoms with Gasteiger partial charge in [-0.3, -0.25) is 0 Å². The lowest BCUT2D eigenvalue weighted by Crippen LogP contribution is -2.10. The van der Waals surface area contributed by atoms with E-state index in [4.69, 9.17) is 14.2 Å². The molecule has 0 aliphatic rings. The largest absolute Gasteiger partial charge is 0.491 e. The molecule has 0 spiro atoms. The number of ether oxygens (including phenoxy) is 3. The van der Waals surface area contributed by atoms with E-state index in [1.54, 1.807) is 14.0 Å². The maximum absolute atomic E-state index is 13.1. The van der Waals surface area contributed by atoms with Crippen LogP contribution >= 0.6 is 0 Å². The van der Waals surface area contributed by atoms with E-state index < -0.39 is 6.10 Å². The molecule has 0 radical (unpaired) electrons. The number of aliphatic hydroxyl groups is 1. The van der Waals surface area contributed by atoms with Crippen LogP contribution in [0.1, 0.15) is 25.0 Å². The lowest BCUT2D eigenvalue weighted by atomic mass is 10.1. The molecule has 1 N–H and O–H groups in total. The normalized spacial score (nSPS) is 12.4. The summed E-state index contributed by atoms with van der Waals surface area (Å²) < 4.78 is 28.8. The molecular formula is C14H21FO4. The fraction of sp³-hybridized carbons (Fsp3) is 0.571. The van der Waals surface area contributed by atoms with Gasteiger partial charge in [-0.1, -0.05) is 0 Å². The van der Waals surface area contributed by atoms with Crippen LogP contribution in [0.15, 0.2) is 18.2 Å². The summed E-state index contributed by atoms with van der Waals surface area (Å²) >= 11 is 0. The lowest BCUT2D eigenvalue weighted by molar-refractivity contribution is 0.0794. The maximum Gasteiger partial charge on any atom is 0.125 e. The summed E-state index contributed by atoms with van der Waals surface area (Å²) in [6.07, 6.45) is 0.0692. The van der Waals surface area contributed by atoms with Crippen LogP contribution in [0.3, 0.4) is 0 Å². The molecule has 1 aromatic rings. The van der Waals surface area contributed by atoms with E-state index in [0.29, 0.717) is 37.7 Å². The van der Waals surface area contributed by atoms with Crippen LogP contribution in [0.2, 0.25) is 0 Å². The second-order valence-corrected chi connectivity index (χ2v) is 4.17. The van der Waals surface area contributed by atoms with Gasteiger partial charge >= 0.3 is 0 Å². The summed E-state index contributed by atoms with van der Waals surface area (Å²) in [5.41, 5.74) is 0.444. The van der Waals surface area contributed by atoms with E-state index in [-0.39, 0.29) is 5.82 Å². The summed E-state index contributed by atoms with van der Waals surface area (Å²) in [4.78, 5) is 0. The van der Waals surface area contributed by atoms with Crippen molar-refractivity contribution in [1.29, 1.82) is 0 Å². The first-order valence-corrected chi connectivity index (χ1v) is 6.32. The molecule has 1 rings (SSSR count). The molecule has 0 aromatic heterocycles. The first-order chi connectivity index (χ1) is 9.15. The van der Waals surface area contributed by atoms with Crippen LogP contribution in [-0.2, 0) is 9.47 Å². The van der Waals surface area contributed by atoms with Gasteiger partial charge in [-0.05, 0) is 31.5 Å². The molecule has 5 heteroatoms. The Morgan fingerprint density at radius 1 is 1.21 bits per heavy atom. The van der Waals surface area contributed by atoms with Crippen LogP contribution in [0.5, 0.6) is 5.75 Å². The summed E-state index contributed by atoms with van der Waals surface area (Å²) in [5.74, 6) is 0.0935. The monoisotopic (exact) mass is 272 g/mol. The average molecular weight is 272 g/mol. The number of methoxy groups -OCH3 is 1. The third-order valence-electron chi connectivity index (χ3n) is 2.54. The van der Waals surface area contributed by atoms with E-state index in [1.807, 2.05) is 0 Å². The van der Waals surface area contributed by atoms with Crippen molar-refractivity contribution < 1.29 is 23.7 Å². The summed E-state index contributed by atoms with van der Waals surface area (Å²) in [6.45, 7) is 3.66. The fourth-order valence-corrected chi connectivity index (χ4v) is 1.60. The number of hydrogen-bond donors (Lipinski definition) is 1. The molecule has 108 valence electrons. The zero-order chi connectivity index (χ0) is 14.1. The molecule has 0 saturated heterocycles. The third kappa shape index (κ3) is 6.00. The van der Waals surface area contributed by atoms with Crippen LogP contribution < -0.4 is 4.74 Å². The van der Waals surface area contributed by atoms with Gasteiger partial charge in [0.15, 0.2) is 0 Å². The van der Waals surface area contributed by atoms with Crippen LogP contribution in [0.25, 0.3) is 0 Å². The van der Waals surface area contributed by atoms with Gasteiger partial charge in [0.1, 0.15) is 18.2 Å². The Morgan fingerprint density at radius 3 is 2.68 bits per heavy atom. The van der Waals surface area contributed by atoms with Crippen molar-refractivity contribution in [3.63, 3.8) is 0 Å². The Bertz CT molecular complexity index is 368. The molecule has 0 aliphatic carbocycles. The summed E-state index contributed by atoms with van der Waals surface area (Å²) in [7, 11) is 1.65. The molecule has 1 atom stereocenters. The van der Waals surface area contributed by atoms with Crippen LogP contribution in [0.4, 0.5) is 4.39 Å². The van der Waals surface area contributed by atoms with Crippen LogP contribution in [-0.4, -0.2) is 38.6 Å². The molecule has 0 fully saturated rings. The van der Waals surface area contributed by atoms with Gasteiger partial charge in [0.25, 0.3) is 0 Å². The Kier molecular flexibility index (Phi) is 7.40. The third-order valence-corrected chi connectivity index (χ3v) is 2.54. The number of benzene rings is 1. The van der Waals surface area contributed by atoms with Gasteiger partial charge < -0.3 is 19.3 Å². The number of rotatable bonds is 9. The Labute approximate surface area is 113 Å². The van der Waals surface area contributed by atoms with Gasteiger partial charge in [0.05, 0.1) is 12.7 Å². The fourth-order valence-electron chi connectivity index (χ4n) is 1.60. The highest BCUT2D eigenvalue weighted by Gasteiger charge is 2.10. The van der Waals surface area contributed by atoms with Crippen molar-refractivity contribution in [2.75, 3.05) is 33.5 Å². The molecule has 1 aromatic carbocycles. The minimum Gasteiger partial charge on any atom is -0.491 e. The second kappa shape index (κ2) is 8.85. The predicted octanol–water partition coefficient (Wildman–Crippen LogP) is 2.31. The zero-order valence-corrected chi connectivity index (χ0v) is 11.4. The van der Waals surface area contributed by atoms with Crippen molar-refractivity contribution in [3.05, 3.63) is 29.6 Å². The van der Waals surface area contributed by atoms with Crippen LogP contribution in [0, 0.1) is 5.82 Å². The highest BCUT2D eigenvalue weighted by atomic mass is 19.1.